The average molecular weight is 264 g/mol. The van der Waals surface area contributed by atoms with Crippen LogP contribution in [0.2, 0.25) is 0 Å². The van der Waals surface area contributed by atoms with E-state index in [-0.39, 0.29) is 5.41 Å². The van der Waals surface area contributed by atoms with E-state index >= 15 is 0 Å². The highest BCUT2D eigenvalue weighted by atomic mass is 16.5. The van der Waals surface area contributed by atoms with E-state index in [4.69, 9.17) is 4.74 Å². The van der Waals surface area contributed by atoms with Crippen LogP contribution in [0.3, 0.4) is 0 Å². The van der Waals surface area contributed by atoms with Crippen LogP contribution in [-0.4, -0.2) is 18.1 Å². The van der Waals surface area contributed by atoms with E-state index in [1.165, 1.54) is 5.56 Å². The van der Waals surface area contributed by atoms with E-state index < -0.39 is 0 Å². The Kier molecular flexibility index (Phi) is 5.80. The lowest BCUT2D eigenvalue weighted by atomic mass is 9.91. The number of nitrogens with zero attached hydrogens (tertiary/aromatic N) is 1. The van der Waals surface area contributed by atoms with Crippen LogP contribution in [0, 0.1) is 5.92 Å². The summed E-state index contributed by atoms with van der Waals surface area (Å²) in [6.45, 7) is 15.5. The molecule has 108 valence electrons. The van der Waals surface area contributed by atoms with Gasteiger partial charge in [0.25, 0.3) is 0 Å². The van der Waals surface area contributed by atoms with Gasteiger partial charge in [-0.15, -0.1) is 0 Å². The van der Waals surface area contributed by atoms with Crippen molar-refractivity contribution in [2.45, 2.75) is 53.5 Å². The van der Waals surface area contributed by atoms with Crippen molar-refractivity contribution in [2.24, 2.45) is 5.92 Å². The Hall–Kier alpha value is -1.09. The Morgan fingerprint density at radius 3 is 2.47 bits per heavy atom. The quantitative estimate of drug-likeness (QED) is 0.853. The van der Waals surface area contributed by atoms with E-state index in [9.17, 15) is 0 Å². The van der Waals surface area contributed by atoms with Crippen LogP contribution in [0.4, 0.5) is 0 Å². The fourth-order valence-corrected chi connectivity index (χ4v) is 1.64. The molecule has 0 spiro atoms. The van der Waals surface area contributed by atoms with E-state index in [2.05, 4.69) is 57.9 Å². The van der Waals surface area contributed by atoms with Crippen LogP contribution < -0.4 is 10.1 Å². The monoisotopic (exact) mass is 264 g/mol. The van der Waals surface area contributed by atoms with Gasteiger partial charge in [-0.2, -0.15) is 0 Å². The fraction of sp³-hybridized carbons (Fsp3) is 0.688. The Balaban J connectivity index is 2.95. The molecule has 1 aromatic heterocycles. The second kappa shape index (κ2) is 6.90. The summed E-state index contributed by atoms with van der Waals surface area (Å²) >= 11 is 0. The van der Waals surface area contributed by atoms with Crippen molar-refractivity contribution in [2.75, 3.05) is 13.2 Å². The highest BCUT2D eigenvalue weighted by Gasteiger charge is 2.17. The van der Waals surface area contributed by atoms with Gasteiger partial charge in [0, 0.05) is 18.0 Å². The normalized spacial score (nSPS) is 11.9. The standard InChI is InChI=1S/C16H28N2O/c1-7-17-10-13-8-14(16(4,5)6)18-15(9-13)19-11-12(2)3/h8-9,12,17H,7,10-11H2,1-6H3. The second-order valence-corrected chi connectivity index (χ2v) is 6.43. The van der Waals surface area contributed by atoms with Crippen molar-refractivity contribution < 1.29 is 4.74 Å². The van der Waals surface area contributed by atoms with Gasteiger partial charge in [-0.3, -0.25) is 0 Å². The van der Waals surface area contributed by atoms with Crippen LogP contribution in [0.5, 0.6) is 5.88 Å². The summed E-state index contributed by atoms with van der Waals surface area (Å²) < 4.78 is 5.78. The molecular weight excluding hydrogens is 236 g/mol. The minimum atomic E-state index is 0.0398. The molecule has 0 unspecified atom stereocenters. The topological polar surface area (TPSA) is 34.1 Å². The third-order valence-electron chi connectivity index (χ3n) is 2.77. The smallest absolute Gasteiger partial charge is 0.213 e. The minimum Gasteiger partial charge on any atom is -0.477 e. The second-order valence-electron chi connectivity index (χ2n) is 6.43. The molecule has 0 aliphatic rings. The number of hydrogen-bond donors (Lipinski definition) is 1. The molecule has 0 saturated heterocycles. The molecule has 0 aromatic carbocycles. The molecule has 0 amide bonds. The largest absolute Gasteiger partial charge is 0.477 e. The van der Waals surface area contributed by atoms with Gasteiger partial charge in [0.2, 0.25) is 5.88 Å². The number of hydrogen-bond acceptors (Lipinski definition) is 3. The average Bonchev–Trinajstić information content (AvgIpc) is 2.32. The van der Waals surface area contributed by atoms with Crippen molar-refractivity contribution in [3.8, 4) is 5.88 Å². The van der Waals surface area contributed by atoms with Crippen LogP contribution in [0.25, 0.3) is 0 Å². The van der Waals surface area contributed by atoms with Crippen LogP contribution >= 0.6 is 0 Å². The molecule has 1 rings (SSSR count). The number of ether oxygens (including phenoxy) is 1. The van der Waals surface area contributed by atoms with Crippen LogP contribution in [0.15, 0.2) is 12.1 Å². The zero-order chi connectivity index (χ0) is 14.5. The first-order valence-electron chi connectivity index (χ1n) is 7.18. The molecule has 3 nitrogen and oxygen atoms in total. The maximum atomic E-state index is 5.78. The summed E-state index contributed by atoms with van der Waals surface area (Å²) in [5, 5.41) is 3.35. The maximum Gasteiger partial charge on any atom is 0.213 e. The van der Waals surface area contributed by atoms with Gasteiger partial charge in [-0.05, 0) is 24.1 Å². The van der Waals surface area contributed by atoms with E-state index in [1.807, 2.05) is 6.07 Å². The van der Waals surface area contributed by atoms with Gasteiger partial charge in [0.15, 0.2) is 0 Å². The Morgan fingerprint density at radius 1 is 1.26 bits per heavy atom. The molecule has 0 radical (unpaired) electrons. The van der Waals surface area contributed by atoms with Crippen molar-refractivity contribution in [3.05, 3.63) is 23.4 Å². The third kappa shape index (κ3) is 5.60. The molecule has 0 atom stereocenters. The summed E-state index contributed by atoms with van der Waals surface area (Å²) in [7, 11) is 0. The van der Waals surface area contributed by atoms with Crippen molar-refractivity contribution in [1.82, 2.24) is 10.3 Å². The lowest BCUT2D eigenvalue weighted by Crippen LogP contribution is -2.18. The molecule has 0 saturated carbocycles. The van der Waals surface area contributed by atoms with Crippen molar-refractivity contribution >= 4 is 0 Å². The molecule has 0 aliphatic carbocycles. The first-order chi connectivity index (χ1) is 8.82. The SMILES string of the molecule is CCNCc1cc(OCC(C)C)nc(C(C)(C)C)c1. The lowest BCUT2D eigenvalue weighted by molar-refractivity contribution is 0.259. The number of aromatic nitrogens is 1. The summed E-state index contributed by atoms with van der Waals surface area (Å²) in [4.78, 5) is 4.63. The minimum absolute atomic E-state index is 0.0398. The summed E-state index contributed by atoms with van der Waals surface area (Å²) in [6.07, 6.45) is 0. The van der Waals surface area contributed by atoms with Gasteiger partial charge < -0.3 is 10.1 Å². The van der Waals surface area contributed by atoms with E-state index in [0.29, 0.717) is 12.5 Å². The molecule has 0 aliphatic heterocycles. The number of nitrogens with one attached hydrogen (secondary N) is 1. The van der Waals surface area contributed by atoms with Gasteiger partial charge in [0.1, 0.15) is 0 Å². The van der Waals surface area contributed by atoms with E-state index in [1.54, 1.807) is 0 Å². The predicted molar refractivity (Wildman–Crippen MR) is 80.7 cm³/mol. The fourth-order valence-electron chi connectivity index (χ4n) is 1.64. The first kappa shape index (κ1) is 16.0. The molecule has 19 heavy (non-hydrogen) atoms. The van der Waals surface area contributed by atoms with Crippen LogP contribution in [-0.2, 0) is 12.0 Å². The lowest BCUT2D eigenvalue weighted by Gasteiger charge is -2.20. The Bertz CT molecular complexity index is 394. The zero-order valence-electron chi connectivity index (χ0n) is 13.2. The predicted octanol–water partition coefficient (Wildman–Crippen LogP) is 3.52. The first-order valence-corrected chi connectivity index (χ1v) is 7.18. The molecule has 0 fully saturated rings. The summed E-state index contributed by atoms with van der Waals surface area (Å²) in [6, 6.07) is 4.21. The van der Waals surface area contributed by atoms with Gasteiger partial charge in [-0.25, -0.2) is 4.98 Å². The van der Waals surface area contributed by atoms with Gasteiger partial charge in [0.05, 0.1) is 12.3 Å². The van der Waals surface area contributed by atoms with Crippen LogP contribution in [0.1, 0.15) is 52.8 Å². The highest BCUT2D eigenvalue weighted by Crippen LogP contribution is 2.24. The number of pyridine rings is 1. The zero-order valence-corrected chi connectivity index (χ0v) is 13.2. The summed E-state index contributed by atoms with van der Waals surface area (Å²) in [5.41, 5.74) is 2.36. The molecule has 0 bridgehead atoms. The molecule has 1 aromatic rings. The van der Waals surface area contributed by atoms with Gasteiger partial charge in [-0.1, -0.05) is 41.5 Å². The Morgan fingerprint density at radius 2 is 1.95 bits per heavy atom. The number of rotatable bonds is 6. The summed E-state index contributed by atoms with van der Waals surface area (Å²) in [5.74, 6) is 1.26. The Labute approximate surface area is 117 Å². The molecule has 1 heterocycles. The maximum absolute atomic E-state index is 5.78. The molecule has 1 N–H and O–H groups in total. The third-order valence-corrected chi connectivity index (χ3v) is 2.77. The molecule has 3 heteroatoms. The van der Waals surface area contributed by atoms with E-state index in [0.717, 1.165) is 24.7 Å². The molecular formula is C16H28N2O. The van der Waals surface area contributed by atoms with Gasteiger partial charge >= 0.3 is 0 Å². The highest BCUT2D eigenvalue weighted by molar-refractivity contribution is 5.28. The van der Waals surface area contributed by atoms with Crippen molar-refractivity contribution in [1.29, 1.82) is 0 Å². The van der Waals surface area contributed by atoms with Crippen molar-refractivity contribution in [3.63, 3.8) is 0 Å².